The highest BCUT2D eigenvalue weighted by Crippen LogP contribution is 2.10. The molecule has 0 fully saturated rings. The zero-order chi connectivity index (χ0) is 15.4. The Morgan fingerprint density at radius 3 is 2.38 bits per heavy atom. The molecule has 0 radical (unpaired) electrons. The second-order valence-electron chi connectivity index (χ2n) is 4.64. The summed E-state index contributed by atoms with van der Waals surface area (Å²) in [5.74, 6) is -1.67. The molecule has 0 saturated heterocycles. The average molecular weight is 287 g/mol. The number of hydrogen-bond donors (Lipinski definition) is 2. The Labute approximate surface area is 121 Å². The van der Waals surface area contributed by atoms with Crippen molar-refractivity contribution in [3.05, 3.63) is 70.5 Å². The van der Waals surface area contributed by atoms with Gasteiger partial charge in [0.05, 0.1) is 5.56 Å². The molecule has 2 aromatic rings. The summed E-state index contributed by atoms with van der Waals surface area (Å²) in [6, 6.07) is 10.2. The van der Waals surface area contributed by atoms with E-state index >= 15 is 0 Å². The van der Waals surface area contributed by atoms with Crippen LogP contribution in [0.3, 0.4) is 0 Å². The third-order valence-corrected chi connectivity index (χ3v) is 3.09. The summed E-state index contributed by atoms with van der Waals surface area (Å²) in [6.45, 7) is 1.94. The number of carbonyl (C=O) groups excluding carboxylic acids is 1. The summed E-state index contributed by atoms with van der Waals surface area (Å²) in [6.07, 6.45) is 0. The summed E-state index contributed by atoms with van der Waals surface area (Å²) in [4.78, 5) is 22.7. The van der Waals surface area contributed by atoms with Crippen LogP contribution >= 0.6 is 0 Å². The summed E-state index contributed by atoms with van der Waals surface area (Å²) in [5.41, 5.74) is 1.96. The third kappa shape index (κ3) is 3.66. The number of hydrogen-bond acceptors (Lipinski definition) is 2. The maximum atomic E-state index is 13.0. The minimum Gasteiger partial charge on any atom is -0.478 e. The Morgan fingerprint density at radius 1 is 1.14 bits per heavy atom. The van der Waals surface area contributed by atoms with Gasteiger partial charge in [0, 0.05) is 12.1 Å². The Balaban J connectivity index is 2.02. The van der Waals surface area contributed by atoms with Crippen molar-refractivity contribution in [1.82, 2.24) is 5.32 Å². The van der Waals surface area contributed by atoms with E-state index in [4.69, 9.17) is 5.11 Å². The highest BCUT2D eigenvalue weighted by molar-refractivity contribution is 5.95. The predicted molar refractivity (Wildman–Crippen MR) is 75.7 cm³/mol. The first-order valence-corrected chi connectivity index (χ1v) is 6.34. The molecule has 1 amide bonds. The van der Waals surface area contributed by atoms with Gasteiger partial charge in [0.2, 0.25) is 0 Å². The fraction of sp³-hybridized carbons (Fsp3) is 0.125. The lowest BCUT2D eigenvalue weighted by atomic mass is 10.1. The van der Waals surface area contributed by atoms with Crippen molar-refractivity contribution in [2.24, 2.45) is 0 Å². The van der Waals surface area contributed by atoms with E-state index in [0.29, 0.717) is 11.1 Å². The van der Waals surface area contributed by atoms with Crippen LogP contribution in [0.4, 0.5) is 4.39 Å². The van der Waals surface area contributed by atoms with E-state index in [1.165, 1.54) is 30.3 Å². The van der Waals surface area contributed by atoms with Crippen molar-refractivity contribution in [3.63, 3.8) is 0 Å². The highest BCUT2D eigenvalue weighted by Gasteiger charge is 2.09. The van der Waals surface area contributed by atoms with E-state index in [0.717, 1.165) is 5.56 Å². The maximum absolute atomic E-state index is 13.0. The van der Waals surface area contributed by atoms with E-state index in [2.05, 4.69) is 5.32 Å². The molecule has 0 bridgehead atoms. The van der Waals surface area contributed by atoms with Gasteiger partial charge in [0.25, 0.3) is 5.91 Å². The molecule has 108 valence electrons. The van der Waals surface area contributed by atoms with Gasteiger partial charge in [-0.2, -0.15) is 0 Å². The van der Waals surface area contributed by atoms with E-state index in [9.17, 15) is 14.0 Å². The van der Waals surface area contributed by atoms with Crippen LogP contribution in [0, 0.1) is 12.7 Å². The van der Waals surface area contributed by atoms with Crippen LogP contribution in [0.2, 0.25) is 0 Å². The summed E-state index contributed by atoms with van der Waals surface area (Å²) >= 11 is 0. The van der Waals surface area contributed by atoms with Crippen LogP contribution < -0.4 is 5.32 Å². The number of nitrogens with one attached hydrogen (secondary N) is 1. The zero-order valence-electron chi connectivity index (χ0n) is 11.4. The first-order chi connectivity index (χ1) is 9.97. The lowest BCUT2D eigenvalue weighted by Crippen LogP contribution is -2.23. The van der Waals surface area contributed by atoms with Gasteiger partial charge in [0.15, 0.2) is 0 Å². The van der Waals surface area contributed by atoms with Gasteiger partial charge < -0.3 is 10.4 Å². The van der Waals surface area contributed by atoms with Crippen molar-refractivity contribution >= 4 is 11.9 Å². The van der Waals surface area contributed by atoms with Gasteiger partial charge in [-0.15, -0.1) is 0 Å². The summed E-state index contributed by atoms with van der Waals surface area (Å²) < 4.78 is 13.0. The van der Waals surface area contributed by atoms with Crippen LogP contribution in [0.25, 0.3) is 0 Å². The SMILES string of the molecule is Cc1cc(F)ccc1C(=O)NCc1ccc(C(=O)O)cc1. The molecule has 2 rings (SSSR count). The number of carboxylic acids is 1. The third-order valence-electron chi connectivity index (χ3n) is 3.09. The molecule has 0 heterocycles. The Bertz CT molecular complexity index is 680. The highest BCUT2D eigenvalue weighted by atomic mass is 19.1. The van der Waals surface area contributed by atoms with Crippen LogP contribution in [-0.2, 0) is 6.54 Å². The number of carbonyl (C=O) groups is 2. The van der Waals surface area contributed by atoms with Gasteiger partial charge in [-0.1, -0.05) is 12.1 Å². The number of aromatic carboxylic acids is 1. The molecule has 21 heavy (non-hydrogen) atoms. The molecule has 0 aliphatic heterocycles. The molecule has 2 N–H and O–H groups in total. The van der Waals surface area contributed by atoms with E-state index in [1.54, 1.807) is 19.1 Å². The first kappa shape index (κ1) is 14.7. The van der Waals surface area contributed by atoms with Crippen molar-refractivity contribution in [2.45, 2.75) is 13.5 Å². The van der Waals surface area contributed by atoms with Gasteiger partial charge in [-0.05, 0) is 48.4 Å². The largest absolute Gasteiger partial charge is 0.478 e. The number of rotatable bonds is 4. The molecule has 0 unspecified atom stereocenters. The Hall–Kier alpha value is -2.69. The van der Waals surface area contributed by atoms with Gasteiger partial charge >= 0.3 is 5.97 Å². The van der Waals surface area contributed by atoms with Crippen LogP contribution in [0.5, 0.6) is 0 Å². The number of benzene rings is 2. The fourth-order valence-electron chi connectivity index (χ4n) is 1.92. The smallest absolute Gasteiger partial charge is 0.335 e. The van der Waals surface area contributed by atoms with Crippen molar-refractivity contribution in [2.75, 3.05) is 0 Å². The maximum Gasteiger partial charge on any atom is 0.335 e. The average Bonchev–Trinajstić information content (AvgIpc) is 2.45. The molecule has 0 aliphatic rings. The molecule has 4 nitrogen and oxygen atoms in total. The first-order valence-electron chi connectivity index (χ1n) is 6.34. The number of aryl methyl sites for hydroxylation is 1. The second kappa shape index (κ2) is 6.17. The monoisotopic (exact) mass is 287 g/mol. The Morgan fingerprint density at radius 2 is 1.81 bits per heavy atom. The van der Waals surface area contributed by atoms with E-state index in [1.807, 2.05) is 0 Å². The van der Waals surface area contributed by atoms with E-state index in [-0.39, 0.29) is 23.8 Å². The van der Waals surface area contributed by atoms with Crippen LogP contribution in [0.1, 0.15) is 31.8 Å². The predicted octanol–water partition coefficient (Wildman–Crippen LogP) is 2.76. The molecule has 0 atom stereocenters. The summed E-state index contributed by atoms with van der Waals surface area (Å²) in [7, 11) is 0. The molecule has 0 spiro atoms. The second-order valence-corrected chi connectivity index (χ2v) is 4.64. The molecular formula is C16H14FNO3. The number of carboxylic acid groups (broad SMARTS) is 1. The molecular weight excluding hydrogens is 273 g/mol. The zero-order valence-corrected chi connectivity index (χ0v) is 11.4. The normalized spacial score (nSPS) is 10.2. The molecule has 0 aliphatic carbocycles. The van der Waals surface area contributed by atoms with Crippen LogP contribution in [-0.4, -0.2) is 17.0 Å². The van der Waals surface area contributed by atoms with Gasteiger partial charge in [0.1, 0.15) is 5.82 Å². The molecule has 2 aromatic carbocycles. The standard InChI is InChI=1S/C16H14FNO3/c1-10-8-13(17)6-7-14(10)15(19)18-9-11-2-4-12(5-3-11)16(20)21/h2-8H,9H2,1H3,(H,18,19)(H,20,21). The topological polar surface area (TPSA) is 66.4 Å². The number of amides is 1. The molecule has 5 heteroatoms. The van der Waals surface area contributed by atoms with Crippen LogP contribution in [0.15, 0.2) is 42.5 Å². The fourth-order valence-corrected chi connectivity index (χ4v) is 1.92. The Kier molecular flexibility index (Phi) is 4.33. The summed E-state index contributed by atoms with van der Waals surface area (Å²) in [5, 5.41) is 11.5. The van der Waals surface area contributed by atoms with Crippen molar-refractivity contribution < 1.29 is 19.1 Å². The van der Waals surface area contributed by atoms with Crippen molar-refractivity contribution in [1.29, 1.82) is 0 Å². The molecule has 0 saturated carbocycles. The lowest BCUT2D eigenvalue weighted by Gasteiger charge is -2.08. The quantitative estimate of drug-likeness (QED) is 0.908. The lowest BCUT2D eigenvalue weighted by molar-refractivity contribution is 0.0696. The minimum absolute atomic E-state index is 0.194. The molecule has 0 aromatic heterocycles. The van der Waals surface area contributed by atoms with Crippen molar-refractivity contribution in [3.8, 4) is 0 Å². The number of halogens is 1. The van der Waals surface area contributed by atoms with Gasteiger partial charge in [-0.3, -0.25) is 4.79 Å². The van der Waals surface area contributed by atoms with E-state index < -0.39 is 5.97 Å². The minimum atomic E-state index is -0.993. The van der Waals surface area contributed by atoms with Gasteiger partial charge in [-0.25, -0.2) is 9.18 Å².